The van der Waals surface area contributed by atoms with E-state index >= 15 is 0 Å². The number of ketones is 1. The molecular formula is C28H23ClN4O. The van der Waals surface area contributed by atoms with E-state index in [4.69, 9.17) is 21.6 Å². The van der Waals surface area contributed by atoms with Gasteiger partial charge in [-0.1, -0.05) is 54.1 Å². The first-order valence-electron chi connectivity index (χ1n) is 11.3. The van der Waals surface area contributed by atoms with Crippen LogP contribution in [-0.4, -0.2) is 25.3 Å². The molecule has 0 aliphatic heterocycles. The van der Waals surface area contributed by atoms with Crippen LogP contribution < -0.4 is 0 Å². The summed E-state index contributed by atoms with van der Waals surface area (Å²) in [6, 6.07) is 23.2. The van der Waals surface area contributed by atoms with Gasteiger partial charge in [0, 0.05) is 47.1 Å². The van der Waals surface area contributed by atoms with Gasteiger partial charge in [0.1, 0.15) is 0 Å². The maximum absolute atomic E-state index is 12.8. The van der Waals surface area contributed by atoms with Gasteiger partial charge in [0.2, 0.25) is 0 Å². The molecule has 5 rings (SSSR count). The molecule has 2 heterocycles. The lowest BCUT2D eigenvalue weighted by Crippen LogP contribution is -2.02. The smallest absolute Gasteiger partial charge is 0.162 e. The second kappa shape index (κ2) is 9.98. The fraction of sp³-hybridized carbons (Fsp3) is 0.143. The molecule has 6 heteroatoms. The molecule has 3 aromatic carbocycles. The van der Waals surface area contributed by atoms with Gasteiger partial charge in [-0.25, -0.2) is 15.0 Å². The van der Waals surface area contributed by atoms with Crippen molar-refractivity contribution in [3.63, 3.8) is 0 Å². The second-order valence-corrected chi connectivity index (χ2v) is 8.61. The van der Waals surface area contributed by atoms with Gasteiger partial charge in [-0.3, -0.25) is 4.79 Å². The minimum Gasteiger partial charge on any atom is -0.337 e. The highest BCUT2D eigenvalue weighted by atomic mass is 35.5. The molecule has 5 nitrogen and oxygen atoms in total. The van der Waals surface area contributed by atoms with Gasteiger partial charge >= 0.3 is 0 Å². The molecule has 5 aromatic rings. The maximum atomic E-state index is 12.8. The predicted octanol–water partition coefficient (Wildman–Crippen LogP) is 6.87. The molecule has 0 radical (unpaired) electrons. The van der Waals surface area contributed by atoms with Crippen LogP contribution in [0.15, 0.2) is 91.5 Å². The Labute approximate surface area is 203 Å². The quantitative estimate of drug-likeness (QED) is 0.185. The van der Waals surface area contributed by atoms with Crippen molar-refractivity contribution in [1.82, 2.24) is 19.5 Å². The number of fused-ring (bicyclic) bond motifs is 1. The highest BCUT2D eigenvalue weighted by molar-refractivity contribution is 6.30. The zero-order valence-electron chi connectivity index (χ0n) is 18.6. The van der Waals surface area contributed by atoms with E-state index in [1.807, 2.05) is 83.6 Å². The summed E-state index contributed by atoms with van der Waals surface area (Å²) in [5, 5.41) is 0.666. The van der Waals surface area contributed by atoms with E-state index in [-0.39, 0.29) is 5.78 Å². The van der Waals surface area contributed by atoms with E-state index in [1.54, 1.807) is 12.5 Å². The summed E-state index contributed by atoms with van der Waals surface area (Å²) in [5.74, 6) is 0.120. The number of benzene rings is 3. The molecule has 0 aliphatic rings. The number of halogens is 1. The third-order valence-electron chi connectivity index (χ3n) is 5.78. The number of carbonyl (C=O) groups is 1. The number of Topliss-reactive ketones (excluding diaryl/α,β-unsaturated/α-hetero) is 1. The molecule has 168 valence electrons. The van der Waals surface area contributed by atoms with Gasteiger partial charge in [0.25, 0.3) is 0 Å². The highest BCUT2D eigenvalue weighted by Gasteiger charge is 2.15. The van der Waals surface area contributed by atoms with Gasteiger partial charge in [0.05, 0.1) is 28.7 Å². The molecule has 0 saturated heterocycles. The van der Waals surface area contributed by atoms with Gasteiger partial charge in [0.15, 0.2) is 5.78 Å². The lowest BCUT2D eigenvalue weighted by Gasteiger charge is -2.11. The van der Waals surface area contributed by atoms with Crippen molar-refractivity contribution in [2.24, 2.45) is 0 Å². The van der Waals surface area contributed by atoms with Gasteiger partial charge in [-0.15, -0.1) is 0 Å². The number of unbranched alkanes of at least 4 members (excludes halogenated alkanes) is 1. The first-order valence-corrected chi connectivity index (χ1v) is 11.7. The van der Waals surface area contributed by atoms with E-state index in [2.05, 4.69) is 4.98 Å². The third-order valence-corrected chi connectivity index (χ3v) is 6.03. The van der Waals surface area contributed by atoms with Gasteiger partial charge in [-0.2, -0.15) is 0 Å². The molecule has 0 saturated carbocycles. The van der Waals surface area contributed by atoms with Crippen LogP contribution in [0.4, 0.5) is 0 Å². The number of hydrogen-bond acceptors (Lipinski definition) is 4. The lowest BCUT2D eigenvalue weighted by molar-refractivity contribution is 0.0979. The minimum absolute atomic E-state index is 0.120. The van der Waals surface area contributed by atoms with Crippen molar-refractivity contribution in [2.75, 3.05) is 0 Å². The summed E-state index contributed by atoms with van der Waals surface area (Å²) in [4.78, 5) is 26.8. The first-order chi connectivity index (χ1) is 16.7. The monoisotopic (exact) mass is 466 g/mol. The van der Waals surface area contributed by atoms with Crippen LogP contribution in [0.3, 0.4) is 0 Å². The van der Waals surface area contributed by atoms with Crippen LogP contribution >= 0.6 is 11.6 Å². The zero-order valence-corrected chi connectivity index (χ0v) is 19.3. The summed E-state index contributed by atoms with van der Waals surface area (Å²) in [6.07, 6.45) is 7.75. The number of hydrogen-bond donors (Lipinski definition) is 0. The minimum atomic E-state index is 0.120. The van der Waals surface area contributed by atoms with Crippen LogP contribution in [-0.2, 0) is 6.54 Å². The molecule has 0 N–H and O–H groups in total. The van der Waals surface area contributed by atoms with Gasteiger partial charge in [-0.05, 0) is 43.2 Å². The summed E-state index contributed by atoms with van der Waals surface area (Å²) >= 11 is 6.11. The topological polar surface area (TPSA) is 60.7 Å². The van der Waals surface area contributed by atoms with Crippen molar-refractivity contribution in [1.29, 1.82) is 0 Å². The summed E-state index contributed by atoms with van der Waals surface area (Å²) in [5.41, 5.74) is 5.60. The number of nitrogens with zero attached hydrogens (tertiary/aromatic N) is 4. The normalized spacial score (nSPS) is 11.1. The number of rotatable bonds is 8. The summed E-state index contributed by atoms with van der Waals surface area (Å²) < 4.78 is 2.03. The van der Waals surface area contributed by atoms with Crippen molar-refractivity contribution in [3.8, 4) is 22.5 Å². The molecule has 0 bridgehead atoms. The third kappa shape index (κ3) is 4.90. The Bertz CT molecular complexity index is 1410. The standard InChI is InChI=1S/C28H23ClN4O/c29-23-12-9-21(10-13-23)28-27(20-6-2-1-3-7-20)31-24-14-11-22(18-25(24)32-28)26(34)8-4-5-16-33-17-15-30-19-33/h1-3,6-7,9-15,17-19H,4-5,8,16H2. The van der Waals surface area contributed by atoms with E-state index in [1.165, 1.54) is 0 Å². The molecule has 0 amide bonds. The largest absolute Gasteiger partial charge is 0.337 e. The average molecular weight is 467 g/mol. The van der Waals surface area contributed by atoms with Crippen molar-refractivity contribution >= 4 is 28.4 Å². The molecule has 34 heavy (non-hydrogen) atoms. The number of aromatic nitrogens is 4. The Morgan fingerprint density at radius 2 is 1.56 bits per heavy atom. The van der Waals surface area contributed by atoms with Crippen molar-refractivity contribution in [3.05, 3.63) is 102 Å². The molecule has 0 unspecified atom stereocenters. The van der Waals surface area contributed by atoms with Gasteiger partial charge < -0.3 is 4.57 Å². The van der Waals surface area contributed by atoms with E-state index in [0.717, 1.165) is 47.4 Å². The van der Waals surface area contributed by atoms with Crippen LogP contribution in [0.5, 0.6) is 0 Å². The fourth-order valence-electron chi connectivity index (χ4n) is 3.98. The van der Waals surface area contributed by atoms with E-state index in [9.17, 15) is 4.79 Å². The Kier molecular flexibility index (Phi) is 6.45. The van der Waals surface area contributed by atoms with Crippen molar-refractivity contribution < 1.29 is 4.79 Å². The summed E-state index contributed by atoms with van der Waals surface area (Å²) in [7, 11) is 0. The SMILES string of the molecule is O=C(CCCCn1ccnc1)c1ccc2nc(-c3ccccc3)c(-c3ccc(Cl)cc3)nc2c1. The Morgan fingerprint density at radius 3 is 2.29 bits per heavy atom. The lowest BCUT2D eigenvalue weighted by atomic mass is 10.0. The molecule has 0 atom stereocenters. The zero-order chi connectivity index (χ0) is 23.3. The number of imidazole rings is 1. The number of carbonyl (C=O) groups excluding carboxylic acids is 1. The van der Waals surface area contributed by atoms with E-state index in [0.29, 0.717) is 22.5 Å². The molecule has 0 spiro atoms. The molecule has 0 fully saturated rings. The van der Waals surface area contributed by atoms with Crippen molar-refractivity contribution in [2.45, 2.75) is 25.8 Å². The molecule has 2 aromatic heterocycles. The average Bonchev–Trinajstić information content (AvgIpc) is 3.40. The van der Waals surface area contributed by atoms with Crippen LogP contribution in [0, 0.1) is 0 Å². The Morgan fingerprint density at radius 1 is 0.824 bits per heavy atom. The highest BCUT2D eigenvalue weighted by Crippen LogP contribution is 2.32. The maximum Gasteiger partial charge on any atom is 0.162 e. The van der Waals surface area contributed by atoms with Crippen LogP contribution in [0.1, 0.15) is 29.6 Å². The van der Waals surface area contributed by atoms with Crippen LogP contribution in [0.25, 0.3) is 33.5 Å². The Hall–Kier alpha value is -3.83. The fourth-order valence-corrected chi connectivity index (χ4v) is 4.10. The molecular weight excluding hydrogens is 444 g/mol. The second-order valence-electron chi connectivity index (χ2n) is 8.18. The first kappa shape index (κ1) is 22.0. The molecule has 0 aliphatic carbocycles. The number of aryl methyl sites for hydroxylation is 1. The predicted molar refractivity (Wildman–Crippen MR) is 136 cm³/mol. The summed E-state index contributed by atoms with van der Waals surface area (Å²) in [6.45, 7) is 0.864. The Balaban J connectivity index is 1.44. The van der Waals surface area contributed by atoms with Crippen LogP contribution in [0.2, 0.25) is 5.02 Å². The van der Waals surface area contributed by atoms with E-state index < -0.39 is 0 Å².